The minimum absolute atomic E-state index is 0.0549. The van der Waals surface area contributed by atoms with Crippen molar-refractivity contribution in [1.29, 1.82) is 0 Å². The highest BCUT2D eigenvalue weighted by Crippen LogP contribution is 2.35. The van der Waals surface area contributed by atoms with Gasteiger partial charge in [0.25, 0.3) is 0 Å². The van der Waals surface area contributed by atoms with Crippen LogP contribution < -0.4 is 5.32 Å². The zero-order valence-corrected chi connectivity index (χ0v) is 14.3. The van der Waals surface area contributed by atoms with Crippen LogP contribution in [0, 0.1) is 6.92 Å². The molecule has 3 heterocycles. The van der Waals surface area contributed by atoms with Gasteiger partial charge < -0.3 is 14.8 Å². The van der Waals surface area contributed by atoms with E-state index in [4.69, 9.17) is 0 Å². The highest BCUT2D eigenvalue weighted by Gasteiger charge is 2.34. The van der Waals surface area contributed by atoms with E-state index in [0.29, 0.717) is 6.54 Å². The van der Waals surface area contributed by atoms with E-state index in [1.807, 2.05) is 42.3 Å². The minimum atomic E-state index is -0.376. The lowest BCUT2D eigenvalue weighted by Gasteiger charge is -2.34. The van der Waals surface area contributed by atoms with Gasteiger partial charge in [-0.2, -0.15) is 0 Å². The Morgan fingerprint density at radius 2 is 2.20 bits per heavy atom. The highest BCUT2D eigenvalue weighted by molar-refractivity contribution is 6.04. The first kappa shape index (κ1) is 15.9. The Labute approximate surface area is 146 Å². The van der Waals surface area contributed by atoms with E-state index in [2.05, 4.69) is 14.9 Å². The van der Waals surface area contributed by atoms with Crippen molar-refractivity contribution in [3.63, 3.8) is 0 Å². The summed E-state index contributed by atoms with van der Waals surface area (Å²) in [6.07, 6.45) is 6.04. The number of amides is 2. The number of nitrogens with one attached hydrogen (secondary N) is 1. The average Bonchev–Trinajstić information content (AvgIpc) is 3.18. The Morgan fingerprint density at radius 1 is 1.36 bits per heavy atom. The molecule has 0 radical (unpaired) electrons. The number of carbonyl (C=O) groups excluding carboxylic acids is 2. The number of fused-ring (bicyclic) bond motifs is 1. The first-order chi connectivity index (χ1) is 12.1. The second kappa shape index (κ2) is 6.35. The second-order valence-electron chi connectivity index (χ2n) is 6.85. The molecular weight excluding hydrogens is 316 g/mol. The van der Waals surface area contributed by atoms with Crippen LogP contribution >= 0.6 is 0 Å². The Balaban J connectivity index is 1.46. The third-order valence-electron chi connectivity index (χ3n) is 5.29. The molecule has 0 saturated carbocycles. The Kier molecular flexibility index (Phi) is 4.03. The second-order valence-corrected chi connectivity index (χ2v) is 6.85. The summed E-state index contributed by atoms with van der Waals surface area (Å²) in [7, 11) is 0. The summed E-state index contributed by atoms with van der Waals surface area (Å²) < 4.78 is 2.15. The fourth-order valence-electron chi connectivity index (χ4n) is 3.96. The summed E-state index contributed by atoms with van der Waals surface area (Å²) in [6, 6.07) is 7.89. The number of carbonyl (C=O) groups is 2. The van der Waals surface area contributed by atoms with Crippen molar-refractivity contribution in [2.45, 2.75) is 38.1 Å². The van der Waals surface area contributed by atoms with Crippen molar-refractivity contribution in [2.75, 3.05) is 18.4 Å². The molecule has 2 amide bonds. The van der Waals surface area contributed by atoms with Gasteiger partial charge >= 0.3 is 0 Å². The normalized spacial score (nSPS) is 22.6. The number of hydrogen-bond acceptors (Lipinski definition) is 3. The van der Waals surface area contributed by atoms with Crippen molar-refractivity contribution in [3.05, 3.63) is 48.0 Å². The van der Waals surface area contributed by atoms with Crippen LogP contribution in [-0.4, -0.2) is 39.4 Å². The van der Waals surface area contributed by atoms with Crippen LogP contribution in [0.5, 0.6) is 0 Å². The van der Waals surface area contributed by atoms with Crippen molar-refractivity contribution < 1.29 is 9.59 Å². The van der Waals surface area contributed by atoms with Crippen molar-refractivity contribution in [1.82, 2.24) is 14.5 Å². The summed E-state index contributed by atoms with van der Waals surface area (Å²) in [4.78, 5) is 31.3. The monoisotopic (exact) mass is 338 g/mol. The lowest BCUT2D eigenvalue weighted by molar-refractivity contribution is -0.134. The van der Waals surface area contributed by atoms with Gasteiger partial charge in [0.05, 0.1) is 12.0 Å². The molecule has 1 saturated heterocycles. The van der Waals surface area contributed by atoms with Crippen LogP contribution in [0.3, 0.4) is 0 Å². The van der Waals surface area contributed by atoms with Crippen LogP contribution in [0.4, 0.5) is 5.69 Å². The van der Waals surface area contributed by atoms with Gasteiger partial charge in [0.15, 0.2) is 0 Å². The molecule has 2 aromatic rings. The van der Waals surface area contributed by atoms with Crippen LogP contribution in [0.1, 0.15) is 42.6 Å². The molecule has 0 unspecified atom stereocenters. The SMILES string of the molecule is Cc1nccn1[C@H]1CCCN(C(=O)C[C@@H]2C(=O)Nc3ccccc32)C1. The summed E-state index contributed by atoms with van der Waals surface area (Å²) >= 11 is 0. The Hall–Kier alpha value is -2.63. The molecule has 4 rings (SSSR count). The van der Waals surface area contributed by atoms with Crippen molar-refractivity contribution >= 4 is 17.5 Å². The number of piperidine rings is 1. The van der Waals surface area contributed by atoms with Gasteiger partial charge in [-0.15, -0.1) is 0 Å². The summed E-state index contributed by atoms with van der Waals surface area (Å²) in [5.41, 5.74) is 1.76. The lowest BCUT2D eigenvalue weighted by atomic mass is 9.95. The van der Waals surface area contributed by atoms with Gasteiger partial charge in [0.1, 0.15) is 5.82 Å². The van der Waals surface area contributed by atoms with Crippen LogP contribution in [0.25, 0.3) is 0 Å². The predicted molar refractivity (Wildman–Crippen MR) is 94.2 cm³/mol. The standard InChI is InChI=1S/C19H22N4O2/c1-13-20-8-10-23(13)14-5-4-9-22(12-14)18(24)11-16-15-6-2-3-7-17(15)21-19(16)25/h2-3,6-8,10,14,16H,4-5,9,11-12H2,1H3,(H,21,25)/t14-,16-/m0/s1. The number of benzene rings is 1. The third-order valence-corrected chi connectivity index (χ3v) is 5.29. The number of nitrogens with zero attached hydrogens (tertiary/aromatic N) is 3. The molecule has 0 spiro atoms. The quantitative estimate of drug-likeness (QED) is 0.935. The van der Waals surface area contributed by atoms with E-state index in [0.717, 1.165) is 36.5 Å². The molecule has 0 bridgehead atoms. The Morgan fingerprint density at radius 3 is 3.00 bits per heavy atom. The number of para-hydroxylation sites is 1. The zero-order valence-electron chi connectivity index (χ0n) is 14.3. The molecule has 25 heavy (non-hydrogen) atoms. The van der Waals surface area contributed by atoms with E-state index in [1.165, 1.54) is 0 Å². The fraction of sp³-hybridized carbons (Fsp3) is 0.421. The maximum atomic E-state index is 12.8. The number of imidazole rings is 1. The summed E-state index contributed by atoms with van der Waals surface area (Å²) in [5, 5.41) is 2.87. The topological polar surface area (TPSA) is 67.2 Å². The number of likely N-dealkylation sites (tertiary alicyclic amines) is 1. The highest BCUT2D eigenvalue weighted by atomic mass is 16.2. The van der Waals surface area contributed by atoms with Crippen LogP contribution in [-0.2, 0) is 9.59 Å². The number of anilines is 1. The molecule has 0 aliphatic carbocycles. The molecule has 6 nitrogen and oxygen atoms in total. The van der Waals surface area contributed by atoms with Gasteiger partial charge in [-0.05, 0) is 31.4 Å². The van der Waals surface area contributed by atoms with Crippen LogP contribution in [0.15, 0.2) is 36.7 Å². The first-order valence-electron chi connectivity index (χ1n) is 8.80. The number of hydrogen-bond donors (Lipinski definition) is 1. The number of rotatable bonds is 3. The van der Waals surface area contributed by atoms with E-state index >= 15 is 0 Å². The predicted octanol–water partition coefficient (Wildman–Crippen LogP) is 2.48. The molecule has 1 N–H and O–H groups in total. The largest absolute Gasteiger partial charge is 0.341 e. The van der Waals surface area contributed by atoms with Crippen LogP contribution in [0.2, 0.25) is 0 Å². The molecule has 1 aromatic heterocycles. The van der Waals surface area contributed by atoms with Gasteiger partial charge in [-0.3, -0.25) is 9.59 Å². The molecule has 2 aliphatic rings. The average molecular weight is 338 g/mol. The van der Waals surface area contributed by atoms with E-state index in [-0.39, 0.29) is 30.2 Å². The minimum Gasteiger partial charge on any atom is -0.341 e. The third kappa shape index (κ3) is 2.92. The van der Waals surface area contributed by atoms with Crippen molar-refractivity contribution in [3.8, 4) is 0 Å². The first-order valence-corrected chi connectivity index (χ1v) is 8.80. The molecule has 6 heteroatoms. The number of aromatic nitrogens is 2. The zero-order chi connectivity index (χ0) is 17.4. The molecule has 1 aromatic carbocycles. The maximum Gasteiger partial charge on any atom is 0.232 e. The van der Waals surface area contributed by atoms with E-state index in [9.17, 15) is 9.59 Å². The van der Waals surface area contributed by atoms with E-state index in [1.54, 1.807) is 6.20 Å². The Bertz CT molecular complexity index is 813. The van der Waals surface area contributed by atoms with Gasteiger partial charge in [0, 0.05) is 37.6 Å². The van der Waals surface area contributed by atoms with Gasteiger partial charge in [0.2, 0.25) is 11.8 Å². The maximum absolute atomic E-state index is 12.8. The molecule has 2 atom stereocenters. The molecule has 130 valence electrons. The van der Waals surface area contributed by atoms with Crippen molar-refractivity contribution in [2.24, 2.45) is 0 Å². The number of aryl methyl sites for hydroxylation is 1. The summed E-state index contributed by atoms with van der Waals surface area (Å²) in [5.74, 6) is 0.579. The molecule has 1 fully saturated rings. The summed E-state index contributed by atoms with van der Waals surface area (Å²) in [6.45, 7) is 3.44. The lowest BCUT2D eigenvalue weighted by Crippen LogP contribution is -2.41. The van der Waals surface area contributed by atoms with E-state index < -0.39 is 0 Å². The van der Waals surface area contributed by atoms with Gasteiger partial charge in [-0.1, -0.05) is 18.2 Å². The smallest absolute Gasteiger partial charge is 0.232 e. The fourth-order valence-corrected chi connectivity index (χ4v) is 3.96. The molecule has 2 aliphatic heterocycles. The molecular formula is C19H22N4O2. The van der Waals surface area contributed by atoms with Gasteiger partial charge in [-0.25, -0.2) is 4.98 Å².